The maximum absolute atomic E-state index is 13.1. The molecule has 5 rings (SSSR count). The number of ether oxygens (including phenoxy) is 1. The van der Waals surface area contributed by atoms with Crippen molar-refractivity contribution in [3.8, 4) is 0 Å². The van der Waals surface area contributed by atoms with Gasteiger partial charge in [0.1, 0.15) is 0 Å². The molecular formula is C24H30N2O4. The fraction of sp³-hybridized carbons (Fsp3) is 0.542. The maximum atomic E-state index is 13.1. The third-order valence-corrected chi connectivity index (χ3v) is 6.97. The van der Waals surface area contributed by atoms with Crippen molar-refractivity contribution < 1.29 is 19.1 Å². The van der Waals surface area contributed by atoms with Crippen LogP contribution >= 0.6 is 0 Å². The zero-order valence-corrected chi connectivity index (χ0v) is 17.5. The lowest BCUT2D eigenvalue weighted by atomic mass is 9.49. The van der Waals surface area contributed by atoms with Gasteiger partial charge in [0.15, 0.2) is 6.10 Å². The third-order valence-electron chi connectivity index (χ3n) is 6.97. The highest BCUT2D eigenvalue weighted by atomic mass is 16.5. The summed E-state index contributed by atoms with van der Waals surface area (Å²) in [6.07, 6.45) is 7.60. The van der Waals surface area contributed by atoms with Crippen molar-refractivity contribution in [1.82, 2.24) is 5.32 Å². The van der Waals surface area contributed by atoms with Crippen molar-refractivity contribution in [3.63, 3.8) is 0 Å². The van der Waals surface area contributed by atoms with Gasteiger partial charge in [-0.25, -0.2) is 4.79 Å². The molecule has 1 aromatic rings. The number of carbonyl (C=O) groups is 3. The average Bonchev–Trinajstić information content (AvgIpc) is 2.71. The Morgan fingerprint density at radius 1 is 1.10 bits per heavy atom. The van der Waals surface area contributed by atoms with Gasteiger partial charge < -0.3 is 15.4 Å². The minimum Gasteiger partial charge on any atom is -0.449 e. The number of anilines is 1. The fourth-order valence-electron chi connectivity index (χ4n) is 5.94. The summed E-state index contributed by atoms with van der Waals surface area (Å²) in [6, 6.07) is 6.67. The molecule has 0 saturated heterocycles. The summed E-state index contributed by atoms with van der Waals surface area (Å²) in [5, 5.41) is 5.67. The summed E-state index contributed by atoms with van der Waals surface area (Å²) in [5.74, 6) is 1.32. The van der Waals surface area contributed by atoms with E-state index < -0.39 is 12.1 Å². The minimum atomic E-state index is -0.895. The summed E-state index contributed by atoms with van der Waals surface area (Å²) in [5.41, 5.74) is 0.816. The van der Waals surface area contributed by atoms with E-state index in [-0.39, 0.29) is 17.2 Å². The lowest BCUT2D eigenvalue weighted by Gasteiger charge is -2.55. The standard InChI is InChI=1S/C24H30N2O4/c1-3-8-25-21(27)15(2)30-22(28)19-4-6-20(7-5-19)26-23(29)24-12-16-9-17(13-24)11-18(10-16)14-24/h3-7,15-18H,1,8-14H2,2H3,(H,25,27)(H,26,29)/t15-,16?,17?,18?,24?/m1/s1. The van der Waals surface area contributed by atoms with E-state index in [1.54, 1.807) is 30.3 Å². The van der Waals surface area contributed by atoms with Gasteiger partial charge >= 0.3 is 5.97 Å². The Bertz CT molecular complexity index is 810. The maximum Gasteiger partial charge on any atom is 0.338 e. The minimum absolute atomic E-state index is 0.129. The van der Waals surface area contributed by atoms with Crippen LogP contribution in [0.15, 0.2) is 36.9 Å². The van der Waals surface area contributed by atoms with Gasteiger partial charge in [-0.3, -0.25) is 9.59 Å². The van der Waals surface area contributed by atoms with E-state index in [4.69, 9.17) is 4.74 Å². The van der Waals surface area contributed by atoms with Gasteiger partial charge in [0, 0.05) is 12.2 Å². The highest BCUT2D eigenvalue weighted by Gasteiger charge is 2.54. The molecule has 4 bridgehead atoms. The van der Waals surface area contributed by atoms with Crippen molar-refractivity contribution in [2.45, 2.75) is 51.6 Å². The second-order valence-electron chi connectivity index (χ2n) is 9.31. The van der Waals surface area contributed by atoms with Crippen LogP contribution < -0.4 is 10.6 Å². The predicted molar refractivity (Wildman–Crippen MR) is 114 cm³/mol. The van der Waals surface area contributed by atoms with Crippen LogP contribution in [-0.4, -0.2) is 30.4 Å². The Labute approximate surface area is 177 Å². The fourth-order valence-corrected chi connectivity index (χ4v) is 5.94. The Hall–Kier alpha value is -2.63. The van der Waals surface area contributed by atoms with Gasteiger partial charge in [0.25, 0.3) is 5.91 Å². The summed E-state index contributed by atoms with van der Waals surface area (Å²) in [6.45, 7) is 5.37. The Morgan fingerprint density at radius 3 is 2.20 bits per heavy atom. The summed E-state index contributed by atoms with van der Waals surface area (Å²) in [7, 11) is 0. The molecular weight excluding hydrogens is 380 g/mol. The van der Waals surface area contributed by atoms with Crippen molar-refractivity contribution in [3.05, 3.63) is 42.5 Å². The molecule has 0 spiro atoms. The smallest absolute Gasteiger partial charge is 0.338 e. The largest absolute Gasteiger partial charge is 0.449 e. The van der Waals surface area contributed by atoms with E-state index in [1.807, 2.05) is 0 Å². The normalized spacial score (nSPS) is 29.7. The Balaban J connectivity index is 1.35. The highest BCUT2D eigenvalue weighted by Crippen LogP contribution is 2.60. The molecule has 4 fully saturated rings. The quantitative estimate of drug-likeness (QED) is 0.530. The number of carbonyl (C=O) groups excluding carboxylic acids is 3. The second kappa shape index (κ2) is 8.25. The molecule has 160 valence electrons. The summed E-state index contributed by atoms with van der Waals surface area (Å²) >= 11 is 0. The van der Waals surface area contributed by atoms with Crippen LogP contribution in [0.1, 0.15) is 55.8 Å². The molecule has 2 amide bonds. The van der Waals surface area contributed by atoms with E-state index in [1.165, 1.54) is 26.2 Å². The molecule has 2 N–H and O–H groups in total. The van der Waals surface area contributed by atoms with E-state index in [2.05, 4.69) is 17.2 Å². The number of hydrogen-bond acceptors (Lipinski definition) is 4. The number of hydrogen-bond donors (Lipinski definition) is 2. The number of benzene rings is 1. The van der Waals surface area contributed by atoms with Crippen LogP contribution in [0.25, 0.3) is 0 Å². The number of rotatable bonds is 7. The molecule has 0 unspecified atom stereocenters. The molecule has 1 atom stereocenters. The molecule has 6 heteroatoms. The molecule has 0 aliphatic heterocycles. The second-order valence-corrected chi connectivity index (χ2v) is 9.31. The lowest BCUT2D eigenvalue weighted by molar-refractivity contribution is -0.140. The lowest BCUT2D eigenvalue weighted by Crippen LogP contribution is -2.51. The van der Waals surface area contributed by atoms with E-state index in [9.17, 15) is 14.4 Å². The Morgan fingerprint density at radius 2 is 1.67 bits per heavy atom. The number of nitrogens with one attached hydrogen (secondary N) is 2. The van der Waals surface area contributed by atoms with E-state index in [0.29, 0.717) is 35.5 Å². The molecule has 4 aliphatic carbocycles. The van der Waals surface area contributed by atoms with Gasteiger partial charge in [-0.2, -0.15) is 0 Å². The molecule has 4 aliphatic rings. The molecule has 4 saturated carbocycles. The van der Waals surface area contributed by atoms with Gasteiger partial charge in [-0.1, -0.05) is 6.08 Å². The zero-order valence-electron chi connectivity index (χ0n) is 17.5. The first-order valence-corrected chi connectivity index (χ1v) is 10.9. The molecule has 0 heterocycles. The van der Waals surface area contributed by atoms with Crippen LogP contribution in [0.3, 0.4) is 0 Å². The van der Waals surface area contributed by atoms with Crippen molar-refractivity contribution >= 4 is 23.5 Å². The zero-order chi connectivity index (χ0) is 21.3. The molecule has 1 aromatic carbocycles. The first kappa shape index (κ1) is 20.6. The van der Waals surface area contributed by atoms with Crippen LogP contribution in [0.5, 0.6) is 0 Å². The topological polar surface area (TPSA) is 84.5 Å². The van der Waals surface area contributed by atoms with Crippen LogP contribution in [0.4, 0.5) is 5.69 Å². The van der Waals surface area contributed by atoms with Crippen molar-refractivity contribution in [2.75, 3.05) is 11.9 Å². The number of amides is 2. The van der Waals surface area contributed by atoms with Crippen LogP contribution in [0, 0.1) is 23.2 Å². The summed E-state index contributed by atoms with van der Waals surface area (Å²) < 4.78 is 5.21. The van der Waals surface area contributed by atoms with Crippen molar-refractivity contribution in [2.24, 2.45) is 23.2 Å². The van der Waals surface area contributed by atoms with Gasteiger partial charge in [-0.15, -0.1) is 6.58 Å². The Kier molecular flexibility index (Phi) is 5.67. The van der Waals surface area contributed by atoms with Crippen LogP contribution in [-0.2, 0) is 14.3 Å². The number of esters is 1. The van der Waals surface area contributed by atoms with Gasteiger partial charge in [-0.05, 0) is 87.5 Å². The molecule has 30 heavy (non-hydrogen) atoms. The van der Waals surface area contributed by atoms with Gasteiger partial charge in [0.2, 0.25) is 5.91 Å². The summed E-state index contributed by atoms with van der Waals surface area (Å²) in [4.78, 5) is 37.2. The average molecular weight is 411 g/mol. The molecule has 0 aromatic heterocycles. The first-order valence-electron chi connectivity index (χ1n) is 10.9. The third kappa shape index (κ3) is 4.13. The first-order chi connectivity index (χ1) is 14.4. The van der Waals surface area contributed by atoms with Crippen LogP contribution in [0.2, 0.25) is 0 Å². The monoisotopic (exact) mass is 410 g/mol. The van der Waals surface area contributed by atoms with Gasteiger partial charge in [0.05, 0.1) is 11.0 Å². The predicted octanol–water partition coefficient (Wildman–Crippen LogP) is 3.69. The van der Waals surface area contributed by atoms with Crippen molar-refractivity contribution in [1.29, 1.82) is 0 Å². The van der Waals surface area contributed by atoms with E-state index in [0.717, 1.165) is 19.3 Å². The molecule has 0 radical (unpaired) electrons. The van der Waals surface area contributed by atoms with E-state index >= 15 is 0 Å². The molecule has 6 nitrogen and oxygen atoms in total. The SMILES string of the molecule is C=CCNC(=O)[C@@H](C)OC(=O)c1ccc(NC(=O)C23CC4CC(CC(C4)C2)C3)cc1. The highest BCUT2D eigenvalue weighted by molar-refractivity contribution is 5.97.